The molecule has 0 fully saturated rings. The number of carbonyl (C=O) groups excluding carboxylic acids is 2. The molecule has 1 aromatic rings. The Bertz CT molecular complexity index is 636. The molecule has 0 spiro atoms. The van der Waals surface area contributed by atoms with E-state index in [0.29, 0.717) is 25.7 Å². The highest BCUT2D eigenvalue weighted by Crippen LogP contribution is 2.16. The third kappa shape index (κ3) is 7.21. The van der Waals surface area contributed by atoms with E-state index in [4.69, 9.17) is 22.7 Å². The van der Waals surface area contributed by atoms with Crippen molar-refractivity contribution in [3.63, 3.8) is 0 Å². The number of hydrazine groups is 1. The first kappa shape index (κ1) is 22.4. The van der Waals surface area contributed by atoms with Gasteiger partial charge in [0.25, 0.3) is 0 Å². The third-order valence-corrected chi connectivity index (χ3v) is 4.18. The highest BCUT2D eigenvalue weighted by Gasteiger charge is 2.33. The maximum absolute atomic E-state index is 12.7. The van der Waals surface area contributed by atoms with Crippen molar-refractivity contribution in [1.29, 1.82) is 5.41 Å². The van der Waals surface area contributed by atoms with Gasteiger partial charge in [-0.1, -0.05) is 12.1 Å². The predicted octanol–water partition coefficient (Wildman–Crippen LogP) is -1.62. The molecule has 0 saturated heterocycles. The summed E-state index contributed by atoms with van der Waals surface area (Å²) >= 11 is 0. The number of phenols is 1. The molecular formula is C17H29N7O3. The first-order valence-corrected chi connectivity index (χ1v) is 8.55. The highest BCUT2D eigenvalue weighted by atomic mass is 16.3. The zero-order valence-electron chi connectivity index (χ0n) is 15.4. The fourth-order valence-electron chi connectivity index (χ4n) is 2.63. The van der Waals surface area contributed by atoms with E-state index < -0.39 is 17.5 Å². The van der Waals surface area contributed by atoms with Crippen LogP contribution in [0.2, 0.25) is 0 Å². The number of nitrogens with two attached hydrogens (primary N) is 3. The third-order valence-electron chi connectivity index (χ3n) is 4.18. The topological polar surface area (TPSA) is 184 Å². The SMILES string of the molecule is CN(N)[C@@H](CCCNC(=N)N)C(=O)N[C@@](C=O)(CN)Cc1ccc(O)cc1. The van der Waals surface area contributed by atoms with Crippen LogP contribution in [0.1, 0.15) is 18.4 Å². The molecule has 0 saturated carbocycles. The van der Waals surface area contributed by atoms with Crippen molar-refractivity contribution in [2.45, 2.75) is 30.8 Å². The van der Waals surface area contributed by atoms with Crippen LogP contribution in [0.3, 0.4) is 0 Å². The molecule has 10 heteroatoms. The number of aromatic hydroxyl groups is 1. The van der Waals surface area contributed by atoms with Crippen LogP contribution in [0.5, 0.6) is 5.75 Å². The van der Waals surface area contributed by atoms with Crippen molar-refractivity contribution < 1.29 is 14.7 Å². The van der Waals surface area contributed by atoms with Gasteiger partial charge in [-0.3, -0.25) is 16.0 Å². The van der Waals surface area contributed by atoms with E-state index in [9.17, 15) is 14.7 Å². The zero-order valence-corrected chi connectivity index (χ0v) is 15.4. The monoisotopic (exact) mass is 379 g/mol. The molecule has 1 aromatic carbocycles. The summed E-state index contributed by atoms with van der Waals surface area (Å²) < 4.78 is 0. The van der Waals surface area contributed by atoms with E-state index in [1.54, 1.807) is 19.2 Å². The molecule has 150 valence electrons. The van der Waals surface area contributed by atoms with Gasteiger partial charge in [0.1, 0.15) is 23.6 Å². The lowest BCUT2D eigenvalue weighted by Crippen LogP contribution is -2.61. The Kier molecular flexibility index (Phi) is 8.66. The van der Waals surface area contributed by atoms with Gasteiger partial charge in [-0.25, -0.2) is 5.01 Å². The number of aldehydes is 1. The van der Waals surface area contributed by atoms with Crippen molar-refractivity contribution >= 4 is 18.2 Å². The van der Waals surface area contributed by atoms with E-state index in [-0.39, 0.29) is 24.7 Å². The lowest BCUT2D eigenvalue weighted by atomic mass is 9.91. The van der Waals surface area contributed by atoms with Gasteiger partial charge in [-0.15, -0.1) is 0 Å². The van der Waals surface area contributed by atoms with E-state index in [2.05, 4.69) is 10.6 Å². The van der Waals surface area contributed by atoms with Gasteiger partial charge < -0.3 is 32.0 Å². The largest absolute Gasteiger partial charge is 0.508 e. The van der Waals surface area contributed by atoms with Gasteiger partial charge in [0.2, 0.25) is 5.91 Å². The van der Waals surface area contributed by atoms with Crippen LogP contribution < -0.4 is 27.9 Å². The van der Waals surface area contributed by atoms with Crippen LogP contribution in [-0.4, -0.2) is 60.0 Å². The molecule has 10 nitrogen and oxygen atoms in total. The minimum Gasteiger partial charge on any atom is -0.508 e. The maximum Gasteiger partial charge on any atom is 0.239 e. The first-order chi connectivity index (χ1) is 12.7. The Balaban J connectivity index is 2.81. The lowest BCUT2D eigenvalue weighted by Gasteiger charge is -2.32. The van der Waals surface area contributed by atoms with E-state index in [1.807, 2.05) is 0 Å². The van der Waals surface area contributed by atoms with Crippen LogP contribution in [-0.2, 0) is 16.0 Å². The van der Waals surface area contributed by atoms with Gasteiger partial charge >= 0.3 is 0 Å². The fourth-order valence-corrected chi connectivity index (χ4v) is 2.63. The number of nitrogens with zero attached hydrogens (tertiary/aromatic N) is 1. The molecule has 1 rings (SSSR count). The summed E-state index contributed by atoms with van der Waals surface area (Å²) in [4.78, 5) is 24.5. The molecule has 27 heavy (non-hydrogen) atoms. The first-order valence-electron chi connectivity index (χ1n) is 8.55. The minimum atomic E-state index is -1.28. The van der Waals surface area contributed by atoms with Crippen LogP contribution in [0.25, 0.3) is 0 Å². The molecule has 0 unspecified atom stereocenters. The van der Waals surface area contributed by atoms with Crippen LogP contribution in [0, 0.1) is 5.41 Å². The second-order valence-corrected chi connectivity index (χ2v) is 6.47. The summed E-state index contributed by atoms with van der Waals surface area (Å²) in [6.45, 7) is 0.339. The van der Waals surface area contributed by atoms with E-state index >= 15 is 0 Å². The van der Waals surface area contributed by atoms with Crippen LogP contribution >= 0.6 is 0 Å². The Hall–Kier alpha value is -2.69. The number of amides is 1. The number of carbonyl (C=O) groups is 2. The molecule has 0 aromatic heterocycles. The molecule has 2 atom stereocenters. The second-order valence-electron chi connectivity index (χ2n) is 6.47. The lowest BCUT2D eigenvalue weighted by molar-refractivity contribution is -0.131. The molecule has 0 aliphatic heterocycles. The molecule has 1 amide bonds. The van der Waals surface area contributed by atoms with Crippen LogP contribution in [0.4, 0.5) is 0 Å². The van der Waals surface area contributed by atoms with Crippen molar-refractivity contribution in [3.8, 4) is 5.75 Å². The average molecular weight is 379 g/mol. The van der Waals surface area contributed by atoms with Crippen molar-refractivity contribution in [2.75, 3.05) is 20.1 Å². The highest BCUT2D eigenvalue weighted by molar-refractivity contribution is 5.86. The molecule has 10 N–H and O–H groups in total. The van der Waals surface area contributed by atoms with E-state index in [1.165, 1.54) is 17.1 Å². The Morgan fingerprint density at radius 3 is 2.52 bits per heavy atom. The maximum atomic E-state index is 12.7. The van der Waals surface area contributed by atoms with Crippen molar-refractivity contribution in [3.05, 3.63) is 29.8 Å². The molecule has 0 aliphatic rings. The number of nitrogens with one attached hydrogen (secondary N) is 3. The Morgan fingerprint density at radius 1 is 1.41 bits per heavy atom. The standard InChI is InChI=1S/C17H29N7O3/c1-24(21)14(3-2-8-22-16(19)20)15(27)23-17(10-18,11-25)9-12-4-6-13(26)7-5-12/h4-7,11,14,26H,2-3,8-10,18,21H2,1H3,(H,23,27)(H4,19,20,22)/t14-,17+/m0/s1. The normalized spacial score (nSPS) is 14.2. The van der Waals surface area contributed by atoms with Gasteiger partial charge in [0.15, 0.2) is 5.96 Å². The number of hydrogen-bond acceptors (Lipinski definition) is 7. The summed E-state index contributed by atoms with van der Waals surface area (Å²) in [5.74, 6) is 5.33. The average Bonchev–Trinajstić information content (AvgIpc) is 2.62. The number of guanidine groups is 1. The second kappa shape index (κ2) is 10.5. The molecular weight excluding hydrogens is 350 g/mol. The summed E-state index contributed by atoms with van der Waals surface area (Å²) in [5.41, 5.74) is 10.5. The molecule has 0 bridgehead atoms. The van der Waals surface area contributed by atoms with Crippen molar-refractivity contribution in [1.82, 2.24) is 15.6 Å². The smallest absolute Gasteiger partial charge is 0.239 e. The van der Waals surface area contributed by atoms with Gasteiger partial charge in [0.05, 0.1) is 0 Å². The summed E-state index contributed by atoms with van der Waals surface area (Å²) in [6.07, 6.45) is 1.76. The quantitative estimate of drug-likeness (QED) is 0.0597. The number of phenolic OH excluding ortho intramolecular Hbond substituents is 1. The van der Waals surface area contributed by atoms with Crippen LogP contribution in [0.15, 0.2) is 24.3 Å². The van der Waals surface area contributed by atoms with E-state index in [0.717, 1.165) is 5.56 Å². The number of hydrogen-bond donors (Lipinski definition) is 7. The number of likely N-dealkylation sites (N-methyl/N-ethyl adjacent to an activating group) is 1. The molecule has 0 radical (unpaired) electrons. The summed E-state index contributed by atoms with van der Waals surface area (Å²) in [7, 11) is 1.56. The Morgan fingerprint density at radius 2 is 2.04 bits per heavy atom. The fraction of sp³-hybridized carbons (Fsp3) is 0.471. The predicted molar refractivity (Wildman–Crippen MR) is 103 cm³/mol. The number of benzene rings is 1. The zero-order chi connectivity index (χ0) is 20.4. The summed E-state index contributed by atoms with van der Waals surface area (Å²) in [5, 5.41) is 23.2. The summed E-state index contributed by atoms with van der Waals surface area (Å²) in [6, 6.07) is 5.65. The van der Waals surface area contributed by atoms with Gasteiger partial charge in [-0.05, 0) is 30.5 Å². The van der Waals surface area contributed by atoms with Gasteiger partial charge in [-0.2, -0.15) is 0 Å². The van der Waals surface area contributed by atoms with Crippen molar-refractivity contribution in [2.24, 2.45) is 17.3 Å². The number of rotatable bonds is 11. The Labute approximate surface area is 158 Å². The molecule has 0 aliphatic carbocycles. The van der Waals surface area contributed by atoms with Gasteiger partial charge in [0, 0.05) is 26.6 Å². The minimum absolute atomic E-state index is 0.0873. The molecule has 0 heterocycles.